The second kappa shape index (κ2) is 7.41. The Morgan fingerprint density at radius 3 is 2.78 bits per heavy atom. The van der Waals surface area contributed by atoms with E-state index in [9.17, 15) is 5.11 Å². The molecule has 0 aliphatic carbocycles. The van der Waals surface area contributed by atoms with Crippen molar-refractivity contribution in [2.24, 2.45) is 0 Å². The van der Waals surface area contributed by atoms with Crippen LogP contribution in [0.5, 0.6) is 5.75 Å². The Labute approximate surface area is 165 Å². The van der Waals surface area contributed by atoms with E-state index in [-0.39, 0.29) is 6.04 Å². The molecule has 4 rings (SSSR count). The van der Waals surface area contributed by atoms with Gasteiger partial charge in [0.2, 0.25) is 0 Å². The molecule has 1 atom stereocenters. The average molecular weight is 381 g/mol. The topological polar surface area (TPSA) is 28.4 Å². The highest BCUT2D eigenvalue weighted by molar-refractivity contribution is 6.30. The zero-order valence-electron chi connectivity index (χ0n) is 15.8. The quantitative estimate of drug-likeness (QED) is 0.653. The van der Waals surface area contributed by atoms with Crippen LogP contribution in [0.15, 0.2) is 54.7 Å². The highest BCUT2D eigenvalue weighted by Crippen LogP contribution is 2.36. The molecule has 1 aromatic heterocycles. The third-order valence-electron chi connectivity index (χ3n) is 5.50. The monoisotopic (exact) mass is 380 g/mol. The summed E-state index contributed by atoms with van der Waals surface area (Å²) in [6, 6.07) is 16.5. The zero-order chi connectivity index (χ0) is 19.0. The Morgan fingerprint density at radius 1 is 1.07 bits per heavy atom. The van der Waals surface area contributed by atoms with Crippen molar-refractivity contribution >= 4 is 11.6 Å². The molecule has 0 radical (unpaired) electrons. The molecule has 2 aromatic carbocycles. The fraction of sp³-hybridized carbons (Fsp3) is 0.304. The molecule has 1 aliphatic rings. The maximum Gasteiger partial charge on any atom is 0.120 e. The highest BCUT2D eigenvalue weighted by Gasteiger charge is 2.29. The molecule has 140 valence electrons. The number of phenolic OH excluding ortho intramolecular Hbond substituents is 1. The first-order valence-corrected chi connectivity index (χ1v) is 9.84. The van der Waals surface area contributed by atoms with Gasteiger partial charge in [-0.05, 0) is 61.7 Å². The minimum Gasteiger partial charge on any atom is -0.508 e. The maximum absolute atomic E-state index is 10.4. The summed E-state index contributed by atoms with van der Waals surface area (Å²) in [5, 5.41) is 11.0. The van der Waals surface area contributed by atoms with Gasteiger partial charge in [0, 0.05) is 42.1 Å². The van der Waals surface area contributed by atoms with Crippen LogP contribution in [0.3, 0.4) is 0 Å². The van der Waals surface area contributed by atoms with Gasteiger partial charge >= 0.3 is 0 Å². The van der Waals surface area contributed by atoms with Crippen molar-refractivity contribution in [1.29, 1.82) is 0 Å². The van der Waals surface area contributed by atoms with Crippen molar-refractivity contribution in [2.45, 2.75) is 39.4 Å². The Kier molecular flexibility index (Phi) is 4.98. The second-order valence-corrected chi connectivity index (χ2v) is 7.92. The lowest BCUT2D eigenvalue weighted by molar-refractivity contribution is 0.217. The molecule has 4 heteroatoms. The van der Waals surface area contributed by atoms with Gasteiger partial charge in [0.25, 0.3) is 0 Å². The van der Waals surface area contributed by atoms with Gasteiger partial charge in [0.15, 0.2) is 0 Å². The van der Waals surface area contributed by atoms with E-state index in [4.69, 9.17) is 11.6 Å². The molecule has 3 nitrogen and oxygen atoms in total. The molecular weight excluding hydrogens is 356 g/mol. The number of hydrogen-bond acceptors (Lipinski definition) is 2. The van der Waals surface area contributed by atoms with Crippen molar-refractivity contribution in [3.8, 4) is 5.75 Å². The normalized spacial score (nSPS) is 17.5. The van der Waals surface area contributed by atoms with Crippen molar-refractivity contribution in [1.82, 2.24) is 9.47 Å². The van der Waals surface area contributed by atoms with E-state index in [0.717, 1.165) is 25.1 Å². The van der Waals surface area contributed by atoms with Gasteiger partial charge in [-0.3, -0.25) is 4.90 Å². The van der Waals surface area contributed by atoms with E-state index < -0.39 is 0 Å². The number of aromatic nitrogens is 1. The first-order chi connectivity index (χ1) is 13.0. The highest BCUT2D eigenvalue weighted by atomic mass is 35.5. The summed E-state index contributed by atoms with van der Waals surface area (Å²) in [5.41, 5.74) is 6.07. The number of benzene rings is 2. The largest absolute Gasteiger partial charge is 0.508 e. The van der Waals surface area contributed by atoms with Crippen LogP contribution in [0.4, 0.5) is 0 Å². The Hall–Kier alpha value is -2.23. The van der Waals surface area contributed by atoms with Crippen LogP contribution in [0.1, 0.15) is 40.4 Å². The van der Waals surface area contributed by atoms with Gasteiger partial charge in [0.05, 0.1) is 6.04 Å². The van der Waals surface area contributed by atoms with Crippen LogP contribution in [0.2, 0.25) is 5.02 Å². The number of fused-ring (bicyclic) bond motifs is 1. The predicted molar refractivity (Wildman–Crippen MR) is 110 cm³/mol. The molecule has 1 unspecified atom stereocenters. The van der Waals surface area contributed by atoms with Gasteiger partial charge in [-0.15, -0.1) is 0 Å². The van der Waals surface area contributed by atoms with Crippen LogP contribution >= 0.6 is 11.6 Å². The predicted octanol–water partition coefficient (Wildman–Crippen LogP) is 5.46. The third kappa shape index (κ3) is 3.62. The van der Waals surface area contributed by atoms with Crippen molar-refractivity contribution in [3.05, 3.63) is 87.7 Å². The van der Waals surface area contributed by atoms with Gasteiger partial charge in [-0.25, -0.2) is 0 Å². The summed E-state index contributed by atoms with van der Waals surface area (Å²) < 4.78 is 2.37. The van der Waals surface area contributed by atoms with E-state index in [1.807, 2.05) is 6.07 Å². The summed E-state index contributed by atoms with van der Waals surface area (Å²) in [4.78, 5) is 2.46. The van der Waals surface area contributed by atoms with E-state index in [1.54, 1.807) is 12.1 Å². The lowest BCUT2D eigenvalue weighted by Crippen LogP contribution is -2.30. The number of aromatic hydroxyl groups is 1. The summed E-state index contributed by atoms with van der Waals surface area (Å²) >= 11 is 6.20. The standard InChI is InChI=1S/C23H25ClN2O/c1-16-6-7-17(2)20(13-16)23-21-5-3-10-25(21)11-4-12-26(23)15-18-14-19(24)8-9-22(18)27/h3,5-10,13-14,23,27H,4,11-12,15H2,1-2H3. The number of nitrogens with zero attached hydrogens (tertiary/aromatic N) is 2. The number of hydrogen-bond donors (Lipinski definition) is 1. The SMILES string of the molecule is Cc1ccc(C)c(C2c3cccn3CCCN2Cc2cc(Cl)ccc2O)c1. The molecule has 0 bridgehead atoms. The molecule has 0 saturated carbocycles. The Balaban J connectivity index is 1.81. The second-order valence-electron chi connectivity index (χ2n) is 7.49. The Bertz CT molecular complexity index is 963. The maximum atomic E-state index is 10.4. The Morgan fingerprint density at radius 2 is 1.93 bits per heavy atom. The van der Waals surface area contributed by atoms with E-state index in [1.165, 1.54) is 22.4 Å². The molecule has 1 aliphatic heterocycles. The zero-order valence-corrected chi connectivity index (χ0v) is 16.6. The molecule has 27 heavy (non-hydrogen) atoms. The molecule has 0 amide bonds. The minimum atomic E-state index is 0.154. The number of aryl methyl sites for hydroxylation is 3. The van der Waals surface area contributed by atoms with E-state index in [0.29, 0.717) is 17.3 Å². The van der Waals surface area contributed by atoms with Crippen molar-refractivity contribution in [3.63, 3.8) is 0 Å². The van der Waals surface area contributed by atoms with Gasteiger partial charge in [-0.2, -0.15) is 0 Å². The molecule has 0 saturated heterocycles. The smallest absolute Gasteiger partial charge is 0.120 e. The third-order valence-corrected chi connectivity index (χ3v) is 5.73. The summed E-state index contributed by atoms with van der Waals surface area (Å²) in [6.07, 6.45) is 3.25. The summed E-state index contributed by atoms with van der Waals surface area (Å²) in [7, 11) is 0. The molecule has 2 heterocycles. The fourth-order valence-corrected chi connectivity index (χ4v) is 4.31. The van der Waals surface area contributed by atoms with E-state index in [2.05, 4.69) is 59.8 Å². The van der Waals surface area contributed by atoms with Crippen LogP contribution in [0, 0.1) is 13.8 Å². The first kappa shape index (κ1) is 18.1. The van der Waals surface area contributed by atoms with Gasteiger partial charge < -0.3 is 9.67 Å². The number of halogens is 1. The number of rotatable bonds is 3. The van der Waals surface area contributed by atoms with Crippen molar-refractivity contribution in [2.75, 3.05) is 6.54 Å². The van der Waals surface area contributed by atoms with Crippen LogP contribution in [0.25, 0.3) is 0 Å². The molecular formula is C23H25ClN2O. The lowest BCUT2D eigenvalue weighted by Gasteiger charge is -2.32. The fourth-order valence-electron chi connectivity index (χ4n) is 4.12. The average Bonchev–Trinajstić information content (AvgIpc) is 3.02. The minimum absolute atomic E-state index is 0.154. The summed E-state index contributed by atoms with van der Waals surface area (Å²) in [6.45, 7) is 6.97. The molecule has 3 aromatic rings. The van der Waals surface area contributed by atoms with Gasteiger partial charge in [-0.1, -0.05) is 35.4 Å². The first-order valence-electron chi connectivity index (χ1n) is 9.46. The molecule has 1 N–H and O–H groups in total. The van der Waals surface area contributed by atoms with Gasteiger partial charge in [0.1, 0.15) is 5.75 Å². The van der Waals surface area contributed by atoms with Crippen LogP contribution in [-0.2, 0) is 13.1 Å². The summed E-state index contributed by atoms with van der Waals surface area (Å²) in [5.74, 6) is 0.304. The molecule has 0 spiro atoms. The van der Waals surface area contributed by atoms with E-state index >= 15 is 0 Å². The molecule has 0 fully saturated rings. The number of phenols is 1. The van der Waals surface area contributed by atoms with Crippen LogP contribution in [-0.4, -0.2) is 21.1 Å². The van der Waals surface area contributed by atoms with Crippen LogP contribution < -0.4 is 0 Å². The van der Waals surface area contributed by atoms with Crippen molar-refractivity contribution < 1.29 is 5.11 Å². The lowest BCUT2D eigenvalue weighted by atomic mass is 9.95.